The van der Waals surface area contributed by atoms with Crippen molar-refractivity contribution in [3.63, 3.8) is 0 Å². The minimum Gasteiger partial charge on any atom is -0.496 e. The molecule has 0 saturated heterocycles. The number of halogens is 3. The average molecular weight is 380 g/mol. The normalized spacial score (nSPS) is 14.2. The zero-order chi connectivity index (χ0) is 19.6. The van der Waals surface area contributed by atoms with Crippen LogP contribution in [0.1, 0.15) is 40.9 Å². The van der Waals surface area contributed by atoms with Crippen molar-refractivity contribution in [2.45, 2.75) is 38.4 Å². The maximum Gasteiger partial charge on any atom is 0.418 e. The lowest BCUT2D eigenvalue weighted by atomic mass is 10.1. The van der Waals surface area contributed by atoms with Crippen LogP contribution >= 0.6 is 0 Å². The number of para-hydroxylation sites is 1. The third-order valence-corrected chi connectivity index (χ3v) is 4.60. The number of amides is 1. The quantitative estimate of drug-likeness (QED) is 0.880. The van der Waals surface area contributed by atoms with Gasteiger partial charge in [-0.1, -0.05) is 18.6 Å². The fraction of sp³-hybridized carbons (Fsp3) is 0.368. The molecule has 0 atom stereocenters. The van der Waals surface area contributed by atoms with Crippen LogP contribution in [-0.2, 0) is 19.1 Å². The van der Waals surface area contributed by atoms with Crippen molar-refractivity contribution in [1.82, 2.24) is 4.57 Å². The van der Waals surface area contributed by atoms with Gasteiger partial charge in [-0.05, 0) is 31.4 Å². The van der Waals surface area contributed by atoms with E-state index in [2.05, 4.69) is 5.32 Å². The van der Waals surface area contributed by atoms with Crippen molar-refractivity contribution in [3.8, 4) is 5.75 Å². The summed E-state index contributed by atoms with van der Waals surface area (Å²) >= 11 is 0. The standard InChI is InChI=1S/C19H19F3N2O3/c1-27-15-11-16(25)24-10-6-2-3-9-14(24)17(15)18(26)23-13-8-5-4-7-12(13)19(20,21)22/h4-5,7-8,11H,2-3,6,9-10H2,1H3,(H,23,26). The van der Waals surface area contributed by atoms with Crippen LogP contribution in [0.4, 0.5) is 18.9 Å². The van der Waals surface area contributed by atoms with E-state index in [9.17, 15) is 22.8 Å². The van der Waals surface area contributed by atoms with E-state index in [0.717, 1.165) is 25.3 Å². The van der Waals surface area contributed by atoms with E-state index < -0.39 is 17.6 Å². The number of nitrogens with one attached hydrogen (secondary N) is 1. The van der Waals surface area contributed by atoms with Crippen LogP contribution in [0.5, 0.6) is 5.75 Å². The molecule has 0 spiro atoms. The third-order valence-electron chi connectivity index (χ3n) is 4.60. The zero-order valence-corrected chi connectivity index (χ0v) is 14.7. The van der Waals surface area contributed by atoms with Crippen LogP contribution in [0.25, 0.3) is 0 Å². The lowest BCUT2D eigenvalue weighted by Gasteiger charge is -2.19. The number of rotatable bonds is 3. The molecule has 144 valence electrons. The first-order valence-corrected chi connectivity index (χ1v) is 8.61. The van der Waals surface area contributed by atoms with Gasteiger partial charge in [-0.2, -0.15) is 13.2 Å². The maximum absolute atomic E-state index is 13.2. The molecule has 1 N–H and O–H groups in total. The molecule has 1 aliphatic heterocycles. The Hall–Kier alpha value is -2.77. The molecule has 1 aromatic carbocycles. The fourth-order valence-electron chi connectivity index (χ4n) is 3.34. The smallest absolute Gasteiger partial charge is 0.418 e. The number of anilines is 1. The number of benzene rings is 1. The molecule has 0 saturated carbocycles. The summed E-state index contributed by atoms with van der Waals surface area (Å²) in [6.07, 6.45) is -1.63. The fourth-order valence-corrected chi connectivity index (χ4v) is 3.34. The number of alkyl halides is 3. The largest absolute Gasteiger partial charge is 0.496 e. The van der Waals surface area contributed by atoms with Crippen molar-refractivity contribution in [1.29, 1.82) is 0 Å². The summed E-state index contributed by atoms with van der Waals surface area (Å²) in [5.74, 6) is -0.663. The second kappa shape index (κ2) is 7.46. The summed E-state index contributed by atoms with van der Waals surface area (Å²) in [4.78, 5) is 25.2. The van der Waals surface area contributed by atoms with E-state index in [0.29, 0.717) is 18.7 Å². The monoisotopic (exact) mass is 380 g/mol. The molecule has 0 aliphatic carbocycles. The molecule has 0 fully saturated rings. The second-order valence-corrected chi connectivity index (χ2v) is 6.33. The summed E-state index contributed by atoms with van der Waals surface area (Å²) in [5, 5.41) is 2.34. The highest BCUT2D eigenvalue weighted by molar-refractivity contribution is 6.07. The summed E-state index contributed by atoms with van der Waals surface area (Å²) in [7, 11) is 1.32. The van der Waals surface area contributed by atoms with E-state index in [1.165, 1.54) is 35.9 Å². The van der Waals surface area contributed by atoms with Crippen molar-refractivity contribution in [2.24, 2.45) is 0 Å². The highest BCUT2D eigenvalue weighted by Crippen LogP contribution is 2.35. The van der Waals surface area contributed by atoms with Crippen LogP contribution in [0, 0.1) is 0 Å². The SMILES string of the molecule is COc1cc(=O)n2c(c1C(=O)Nc1ccccc1C(F)(F)F)CCCCC2. The summed E-state index contributed by atoms with van der Waals surface area (Å²) in [6, 6.07) is 5.98. The first-order valence-electron chi connectivity index (χ1n) is 8.61. The predicted molar refractivity (Wildman–Crippen MR) is 94.2 cm³/mol. The Labute approximate surface area is 153 Å². The molecule has 2 heterocycles. The maximum atomic E-state index is 13.2. The number of aromatic nitrogens is 1. The molecule has 0 unspecified atom stereocenters. The number of nitrogens with zero attached hydrogens (tertiary/aromatic N) is 1. The third kappa shape index (κ3) is 3.84. The molecule has 0 radical (unpaired) electrons. The van der Waals surface area contributed by atoms with E-state index >= 15 is 0 Å². The minimum atomic E-state index is -4.60. The molecule has 8 heteroatoms. The van der Waals surface area contributed by atoms with E-state index in [-0.39, 0.29) is 22.6 Å². The Morgan fingerprint density at radius 1 is 1.19 bits per heavy atom. The topological polar surface area (TPSA) is 60.3 Å². The highest BCUT2D eigenvalue weighted by Gasteiger charge is 2.34. The van der Waals surface area contributed by atoms with Gasteiger partial charge >= 0.3 is 6.18 Å². The van der Waals surface area contributed by atoms with Gasteiger partial charge in [0, 0.05) is 18.3 Å². The Balaban J connectivity index is 2.07. The summed E-state index contributed by atoms with van der Waals surface area (Å²) in [6.45, 7) is 0.470. The molecule has 1 aromatic heterocycles. The van der Waals surface area contributed by atoms with Crippen LogP contribution in [0.2, 0.25) is 0 Å². The van der Waals surface area contributed by atoms with Crippen molar-refractivity contribution < 1.29 is 22.7 Å². The van der Waals surface area contributed by atoms with E-state index in [1.807, 2.05) is 0 Å². The first kappa shape index (κ1) is 19.0. The molecule has 1 amide bonds. The number of fused-ring (bicyclic) bond motifs is 1. The molecule has 1 aliphatic rings. The van der Waals surface area contributed by atoms with Gasteiger partial charge < -0.3 is 14.6 Å². The number of hydrogen-bond acceptors (Lipinski definition) is 3. The molecule has 27 heavy (non-hydrogen) atoms. The van der Waals surface area contributed by atoms with Gasteiger partial charge in [-0.25, -0.2) is 0 Å². The van der Waals surface area contributed by atoms with Gasteiger partial charge in [0.1, 0.15) is 11.3 Å². The number of ether oxygens (including phenoxy) is 1. The molecule has 0 bridgehead atoms. The van der Waals surface area contributed by atoms with Crippen LogP contribution in [0.15, 0.2) is 35.1 Å². The first-order chi connectivity index (χ1) is 12.8. The average Bonchev–Trinajstić information content (AvgIpc) is 2.87. The molecule has 2 aromatic rings. The van der Waals surface area contributed by atoms with E-state index in [1.54, 1.807) is 0 Å². The Kier molecular flexibility index (Phi) is 5.25. The van der Waals surface area contributed by atoms with Crippen LogP contribution < -0.4 is 15.6 Å². The lowest BCUT2D eigenvalue weighted by Crippen LogP contribution is -2.28. The summed E-state index contributed by atoms with van der Waals surface area (Å²) in [5.41, 5.74) is -0.946. The second-order valence-electron chi connectivity index (χ2n) is 6.33. The number of carbonyl (C=O) groups is 1. The van der Waals surface area contributed by atoms with Crippen LogP contribution in [-0.4, -0.2) is 17.6 Å². The molecule has 3 rings (SSSR count). The van der Waals surface area contributed by atoms with E-state index in [4.69, 9.17) is 4.74 Å². The number of hydrogen-bond donors (Lipinski definition) is 1. The Bertz CT molecular complexity index is 919. The Morgan fingerprint density at radius 2 is 1.93 bits per heavy atom. The van der Waals surface area contributed by atoms with Crippen molar-refractivity contribution in [3.05, 3.63) is 57.5 Å². The summed E-state index contributed by atoms with van der Waals surface area (Å²) < 4.78 is 46.3. The van der Waals surface area contributed by atoms with Crippen molar-refractivity contribution >= 4 is 11.6 Å². The minimum absolute atomic E-state index is 0.0649. The molecular formula is C19H19F3N2O3. The molecular weight excluding hydrogens is 361 g/mol. The van der Waals surface area contributed by atoms with Gasteiger partial charge in [-0.3, -0.25) is 9.59 Å². The van der Waals surface area contributed by atoms with Gasteiger partial charge in [0.2, 0.25) is 0 Å². The van der Waals surface area contributed by atoms with Gasteiger partial charge in [0.05, 0.1) is 18.4 Å². The molecule has 5 nitrogen and oxygen atoms in total. The zero-order valence-electron chi connectivity index (χ0n) is 14.7. The van der Waals surface area contributed by atoms with Gasteiger partial charge in [0.25, 0.3) is 11.5 Å². The van der Waals surface area contributed by atoms with Crippen LogP contribution in [0.3, 0.4) is 0 Å². The van der Waals surface area contributed by atoms with Crippen molar-refractivity contribution in [2.75, 3.05) is 12.4 Å². The Morgan fingerprint density at radius 3 is 2.63 bits per heavy atom. The lowest BCUT2D eigenvalue weighted by molar-refractivity contribution is -0.136. The van der Waals surface area contributed by atoms with Gasteiger partial charge in [-0.15, -0.1) is 0 Å². The number of carbonyl (C=O) groups excluding carboxylic acids is 1. The van der Waals surface area contributed by atoms with Gasteiger partial charge in [0.15, 0.2) is 0 Å². The number of pyridine rings is 1. The number of methoxy groups -OCH3 is 1. The predicted octanol–water partition coefficient (Wildman–Crippen LogP) is 3.85. The highest BCUT2D eigenvalue weighted by atomic mass is 19.4.